The van der Waals surface area contributed by atoms with Crippen LogP contribution in [0.3, 0.4) is 0 Å². The molecule has 1 atom stereocenters. The first-order chi connectivity index (χ1) is 12.6. The number of allylic oxidation sites excluding steroid dienone is 1. The Morgan fingerprint density at radius 1 is 1.12 bits per heavy atom. The standard InChI is InChI=1S/C21H27N5/c1-5-6-17-7-8-18-19(13-17)26-14-15(2)16(3)22-21(26)20(23-18)25-11-9-24(4)10-12-25/h5-8,13-14,16H,9-12H2,1-4H3. The quantitative estimate of drug-likeness (QED) is 0.778. The number of piperazine rings is 1. The van der Waals surface area contributed by atoms with Crippen LogP contribution in [0.25, 0.3) is 6.08 Å². The fraction of sp³-hybridized carbons (Fsp3) is 0.429. The summed E-state index contributed by atoms with van der Waals surface area (Å²) in [6.45, 7) is 10.5. The van der Waals surface area contributed by atoms with Crippen LogP contribution < -0.4 is 4.90 Å². The number of amidine groups is 2. The fourth-order valence-corrected chi connectivity index (χ4v) is 3.59. The minimum absolute atomic E-state index is 0.194. The van der Waals surface area contributed by atoms with Crippen LogP contribution in [0.5, 0.6) is 0 Å². The van der Waals surface area contributed by atoms with Crippen molar-refractivity contribution in [3.8, 4) is 0 Å². The van der Waals surface area contributed by atoms with Crippen LogP contribution in [0.4, 0.5) is 11.4 Å². The first-order valence-corrected chi connectivity index (χ1v) is 9.41. The zero-order valence-electron chi connectivity index (χ0n) is 16.1. The van der Waals surface area contributed by atoms with E-state index in [0.29, 0.717) is 0 Å². The van der Waals surface area contributed by atoms with Crippen LogP contribution in [0, 0.1) is 0 Å². The van der Waals surface area contributed by atoms with E-state index in [4.69, 9.17) is 9.98 Å². The largest absolute Gasteiger partial charge is 0.351 e. The number of hydrogen-bond donors (Lipinski definition) is 0. The molecule has 0 spiro atoms. The third kappa shape index (κ3) is 2.97. The number of fused-ring (bicyclic) bond motifs is 3. The Bertz CT molecular complexity index is 825. The van der Waals surface area contributed by atoms with Gasteiger partial charge in [-0.2, -0.15) is 0 Å². The minimum atomic E-state index is 0.194. The van der Waals surface area contributed by atoms with Crippen molar-refractivity contribution < 1.29 is 0 Å². The van der Waals surface area contributed by atoms with E-state index in [1.165, 1.54) is 11.1 Å². The number of anilines is 1. The molecule has 1 fully saturated rings. The van der Waals surface area contributed by atoms with Crippen molar-refractivity contribution in [2.45, 2.75) is 26.8 Å². The van der Waals surface area contributed by atoms with Gasteiger partial charge < -0.3 is 9.80 Å². The van der Waals surface area contributed by atoms with E-state index in [1.807, 2.05) is 6.92 Å². The molecular formula is C21H27N5. The summed E-state index contributed by atoms with van der Waals surface area (Å²) in [5, 5.41) is 0. The summed E-state index contributed by atoms with van der Waals surface area (Å²) in [4.78, 5) is 17.0. The highest BCUT2D eigenvalue weighted by Crippen LogP contribution is 2.37. The molecule has 0 aliphatic carbocycles. The summed E-state index contributed by atoms with van der Waals surface area (Å²) in [5.41, 5.74) is 4.59. The predicted octanol–water partition coefficient (Wildman–Crippen LogP) is 3.52. The van der Waals surface area contributed by atoms with Gasteiger partial charge in [-0.05, 0) is 51.1 Å². The highest BCUT2D eigenvalue weighted by atomic mass is 15.3. The van der Waals surface area contributed by atoms with Crippen molar-refractivity contribution in [2.24, 2.45) is 9.98 Å². The Kier molecular flexibility index (Phi) is 4.41. The second kappa shape index (κ2) is 6.72. The second-order valence-corrected chi connectivity index (χ2v) is 7.35. The summed E-state index contributed by atoms with van der Waals surface area (Å²) < 4.78 is 0. The fourth-order valence-electron chi connectivity index (χ4n) is 3.59. The van der Waals surface area contributed by atoms with Crippen molar-refractivity contribution in [1.29, 1.82) is 0 Å². The molecule has 3 heterocycles. The molecule has 136 valence electrons. The van der Waals surface area contributed by atoms with Gasteiger partial charge in [-0.1, -0.05) is 18.2 Å². The number of likely N-dealkylation sites (N-methyl/N-ethyl adjacent to an activating group) is 1. The van der Waals surface area contributed by atoms with Crippen molar-refractivity contribution in [2.75, 3.05) is 38.1 Å². The van der Waals surface area contributed by atoms with E-state index >= 15 is 0 Å². The molecule has 0 bridgehead atoms. The van der Waals surface area contributed by atoms with Gasteiger partial charge in [0.15, 0.2) is 11.7 Å². The molecule has 1 aromatic rings. The number of hydrogen-bond acceptors (Lipinski definition) is 5. The zero-order chi connectivity index (χ0) is 18.3. The van der Waals surface area contributed by atoms with Crippen LogP contribution in [-0.2, 0) is 0 Å². The smallest absolute Gasteiger partial charge is 0.176 e. The lowest BCUT2D eigenvalue weighted by atomic mass is 10.1. The van der Waals surface area contributed by atoms with Crippen molar-refractivity contribution in [1.82, 2.24) is 9.80 Å². The van der Waals surface area contributed by atoms with Gasteiger partial charge in [-0.3, -0.25) is 9.89 Å². The van der Waals surface area contributed by atoms with E-state index in [1.54, 1.807) is 0 Å². The van der Waals surface area contributed by atoms with Crippen LogP contribution in [0.15, 0.2) is 46.0 Å². The summed E-state index contributed by atoms with van der Waals surface area (Å²) >= 11 is 0. The molecule has 0 aromatic heterocycles. The molecule has 3 aliphatic heterocycles. The molecule has 1 aromatic carbocycles. The normalized spacial score (nSPS) is 23.4. The van der Waals surface area contributed by atoms with Gasteiger partial charge in [0.1, 0.15) is 0 Å². The van der Waals surface area contributed by atoms with Crippen LogP contribution in [0.1, 0.15) is 26.3 Å². The second-order valence-electron chi connectivity index (χ2n) is 7.35. The molecule has 26 heavy (non-hydrogen) atoms. The molecule has 0 saturated carbocycles. The predicted molar refractivity (Wildman–Crippen MR) is 110 cm³/mol. The lowest BCUT2D eigenvalue weighted by molar-refractivity contribution is 0.217. The molecule has 1 unspecified atom stereocenters. The first kappa shape index (κ1) is 17.0. The Hall–Kier alpha value is -2.40. The molecule has 0 amide bonds. The third-order valence-electron chi connectivity index (χ3n) is 5.38. The van der Waals surface area contributed by atoms with E-state index in [-0.39, 0.29) is 6.04 Å². The van der Waals surface area contributed by atoms with E-state index in [9.17, 15) is 0 Å². The summed E-state index contributed by atoms with van der Waals surface area (Å²) in [7, 11) is 2.18. The SMILES string of the molecule is CC=Cc1ccc2c(c1)N1C=C(C)C(C)N=C1C(N1CCN(C)CC1)=N2. The van der Waals surface area contributed by atoms with Crippen molar-refractivity contribution >= 4 is 29.1 Å². The molecule has 1 saturated heterocycles. The van der Waals surface area contributed by atoms with Crippen LogP contribution >= 0.6 is 0 Å². The highest BCUT2D eigenvalue weighted by Gasteiger charge is 2.33. The molecule has 0 radical (unpaired) electrons. The monoisotopic (exact) mass is 349 g/mol. The molecule has 3 aliphatic rings. The Labute approximate surface area is 156 Å². The summed E-state index contributed by atoms with van der Waals surface area (Å²) in [5.74, 6) is 2.00. The minimum Gasteiger partial charge on any atom is -0.351 e. The van der Waals surface area contributed by atoms with Gasteiger partial charge in [0, 0.05) is 32.4 Å². The third-order valence-corrected chi connectivity index (χ3v) is 5.38. The average Bonchev–Trinajstić information content (AvgIpc) is 2.63. The maximum absolute atomic E-state index is 5.04. The van der Waals surface area contributed by atoms with Gasteiger partial charge in [-0.15, -0.1) is 0 Å². The summed E-state index contributed by atoms with van der Waals surface area (Å²) in [6, 6.07) is 6.65. The highest BCUT2D eigenvalue weighted by molar-refractivity contribution is 6.48. The van der Waals surface area contributed by atoms with Gasteiger partial charge in [0.25, 0.3) is 0 Å². The zero-order valence-corrected chi connectivity index (χ0v) is 16.1. The van der Waals surface area contributed by atoms with E-state index in [2.05, 4.69) is 72.1 Å². The molecule has 5 heteroatoms. The van der Waals surface area contributed by atoms with E-state index in [0.717, 1.165) is 49.2 Å². The summed E-state index contributed by atoms with van der Waals surface area (Å²) in [6.07, 6.45) is 6.42. The van der Waals surface area contributed by atoms with Gasteiger partial charge in [0.2, 0.25) is 0 Å². The lowest BCUT2D eigenvalue weighted by Crippen LogP contribution is -2.53. The Morgan fingerprint density at radius 2 is 1.88 bits per heavy atom. The molecule has 0 N–H and O–H groups in total. The molecule has 4 rings (SSSR count). The van der Waals surface area contributed by atoms with Crippen molar-refractivity contribution in [3.05, 3.63) is 41.6 Å². The molecule has 5 nitrogen and oxygen atoms in total. The Morgan fingerprint density at radius 3 is 2.62 bits per heavy atom. The van der Waals surface area contributed by atoms with Crippen LogP contribution in [-0.4, -0.2) is 60.7 Å². The number of nitrogens with zero attached hydrogens (tertiary/aromatic N) is 5. The molecular weight excluding hydrogens is 322 g/mol. The van der Waals surface area contributed by atoms with Gasteiger partial charge >= 0.3 is 0 Å². The van der Waals surface area contributed by atoms with Crippen LogP contribution in [0.2, 0.25) is 0 Å². The van der Waals surface area contributed by atoms with E-state index < -0.39 is 0 Å². The maximum atomic E-state index is 5.04. The van der Waals surface area contributed by atoms with Gasteiger partial charge in [0.05, 0.1) is 17.4 Å². The maximum Gasteiger partial charge on any atom is 0.176 e. The number of rotatable bonds is 1. The number of aliphatic imine (C=N–C) groups is 2. The number of benzene rings is 1. The average molecular weight is 349 g/mol. The van der Waals surface area contributed by atoms with Gasteiger partial charge in [-0.25, -0.2) is 4.99 Å². The lowest BCUT2D eigenvalue weighted by Gasteiger charge is -2.40. The van der Waals surface area contributed by atoms with Crippen molar-refractivity contribution in [3.63, 3.8) is 0 Å². The first-order valence-electron chi connectivity index (χ1n) is 9.41. The topological polar surface area (TPSA) is 34.4 Å². The Balaban J connectivity index is 1.81.